The molecule has 0 aliphatic rings. The van der Waals surface area contributed by atoms with Crippen LogP contribution in [0.1, 0.15) is 55.8 Å². The van der Waals surface area contributed by atoms with E-state index in [1.54, 1.807) is 0 Å². The van der Waals surface area contributed by atoms with Crippen LogP contribution < -0.4 is 11.5 Å². The second-order valence-corrected chi connectivity index (χ2v) is 6.04. The number of nitrogen functional groups attached to an aromatic ring is 2. The Labute approximate surface area is 139 Å². The topological polar surface area (TPSA) is 77.8 Å². The van der Waals surface area contributed by atoms with Crippen LogP contribution in [0.15, 0.2) is 30.3 Å². The molecule has 124 valence electrons. The quantitative estimate of drug-likeness (QED) is 0.687. The van der Waals surface area contributed by atoms with E-state index in [9.17, 15) is 0 Å². The molecule has 0 radical (unpaired) electrons. The standard InChI is InChI=1S/C19H28N4/c1-2-3-13-16-17(22-19(21)23-18(16)20)14-9-5-8-12-15-10-6-4-7-11-15/h4,6-7,10-11H,2-3,5,8-9,12-14H2,1H3,(H4,20,21,22,23). The first kappa shape index (κ1) is 17.3. The fraction of sp³-hybridized carbons (Fsp3) is 0.474. The molecule has 4 heteroatoms. The van der Waals surface area contributed by atoms with Crippen molar-refractivity contribution in [3.63, 3.8) is 0 Å². The molecule has 0 amide bonds. The summed E-state index contributed by atoms with van der Waals surface area (Å²) in [5.74, 6) is 0.854. The lowest BCUT2D eigenvalue weighted by Crippen LogP contribution is -2.09. The lowest BCUT2D eigenvalue weighted by atomic mass is 10.0. The molecule has 0 bridgehead atoms. The monoisotopic (exact) mass is 312 g/mol. The summed E-state index contributed by atoms with van der Waals surface area (Å²) in [6.45, 7) is 2.18. The predicted molar refractivity (Wildman–Crippen MR) is 97.2 cm³/mol. The van der Waals surface area contributed by atoms with Crippen LogP contribution in [0.25, 0.3) is 0 Å². The third-order valence-electron chi connectivity index (χ3n) is 4.14. The van der Waals surface area contributed by atoms with Crippen LogP contribution in [0.2, 0.25) is 0 Å². The smallest absolute Gasteiger partial charge is 0.222 e. The second kappa shape index (κ2) is 9.13. The first-order chi connectivity index (χ1) is 11.2. The molecule has 0 fully saturated rings. The Morgan fingerprint density at radius 3 is 2.30 bits per heavy atom. The first-order valence-electron chi connectivity index (χ1n) is 8.65. The number of nitrogens with zero attached hydrogens (tertiary/aromatic N) is 2. The second-order valence-electron chi connectivity index (χ2n) is 6.04. The van der Waals surface area contributed by atoms with E-state index in [1.807, 2.05) is 0 Å². The molecule has 1 heterocycles. The van der Waals surface area contributed by atoms with Gasteiger partial charge in [0.25, 0.3) is 0 Å². The van der Waals surface area contributed by atoms with Crippen molar-refractivity contribution in [2.24, 2.45) is 0 Å². The van der Waals surface area contributed by atoms with Crippen molar-refractivity contribution in [3.05, 3.63) is 47.2 Å². The fourth-order valence-electron chi connectivity index (χ4n) is 2.85. The molecule has 23 heavy (non-hydrogen) atoms. The lowest BCUT2D eigenvalue weighted by Gasteiger charge is -2.11. The molecule has 0 unspecified atom stereocenters. The largest absolute Gasteiger partial charge is 0.383 e. The van der Waals surface area contributed by atoms with E-state index in [1.165, 1.54) is 18.4 Å². The molecular weight excluding hydrogens is 284 g/mol. The molecule has 2 rings (SSSR count). The van der Waals surface area contributed by atoms with Gasteiger partial charge in [0.2, 0.25) is 5.95 Å². The molecule has 0 spiro atoms. The summed E-state index contributed by atoms with van der Waals surface area (Å²) in [6.07, 6.45) is 8.77. The van der Waals surface area contributed by atoms with Crippen LogP contribution in [0.5, 0.6) is 0 Å². The normalized spacial score (nSPS) is 10.8. The minimum Gasteiger partial charge on any atom is -0.383 e. The van der Waals surface area contributed by atoms with E-state index < -0.39 is 0 Å². The van der Waals surface area contributed by atoms with Crippen LogP contribution in [0.3, 0.4) is 0 Å². The van der Waals surface area contributed by atoms with Gasteiger partial charge in [0.15, 0.2) is 0 Å². The van der Waals surface area contributed by atoms with Gasteiger partial charge in [0, 0.05) is 5.56 Å². The number of anilines is 2. The maximum atomic E-state index is 6.04. The van der Waals surface area contributed by atoms with Crippen LogP contribution in [0.4, 0.5) is 11.8 Å². The highest BCUT2D eigenvalue weighted by Gasteiger charge is 2.10. The highest BCUT2D eigenvalue weighted by molar-refractivity contribution is 5.46. The SMILES string of the molecule is CCCCc1c(N)nc(N)nc1CCCCCc1ccccc1. The van der Waals surface area contributed by atoms with Crippen molar-refractivity contribution in [2.75, 3.05) is 11.5 Å². The van der Waals surface area contributed by atoms with E-state index in [0.717, 1.165) is 49.8 Å². The predicted octanol–water partition coefficient (Wildman–Crippen LogP) is 3.94. The zero-order chi connectivity index (χ0) is 16.5. The van der Waals surface area contributed by atoms with E-state index in [0.29, 0.717) is 11.8 Å². The molecule has 4 nitrogen and oxygen atoms in total. The molecule has 0 aliphatic carbocycles. The van der Waals surface area contributed by atoms with Gasteiger partial charge >= 0.3 is 0 Å². The number of hydrogen-bond donors (Lipinski definition) is 2. The van der Waals surface area contributed by atoms with Gasteiger partial charge in [-0.2, -0.15) is 4.98 Å². The molecular formula is C19H28N4. The fourth-order valence-corrected chi connectivity index (χ4v) is 2.85. The highest BCUT2D eigenvalue weighted by Crippen LogP contribution is 2.20. The van der Waals surface area contributed by atoms with E-state index in [4.69, 9.17) is 11.5 Å². The van der Waals surface area contributed by atoms with E-state index >= 15 is 0 Å². The molecule has 1 aromatic carbocycles. The molecule has 0 aliphatic heterocycles. The summed E-state index contributed by atoms with van der Waals surface area (Å²) in [5, 5.41) is 0. The number of nitrogens with two attached hydrogens (primary N) is 2. The molecule has 0 atom stereocenters. The van der Waals surface area contributed by atoms with E-state index in [2.05, 4.69) is 47.2 Å². The average molecular weight is 312 g/mol. The maximum absolute atomic E-state index is 6.04. The Morgan fingerprint density at radius 1 is 0.826 bits per heavy atom. The van der Waals surface area contributed by atoms with Crippen molar-refractivity contribution in [3.8, 4) is 0 Å². The van der Waals surface area contributed by atoms with Gasteiger partial charge in [-0.05, 0) is 44.1 Å². The van der Waals surface area contributed by atoms with Crippen molar-refractivity contribution in [2.45, 2.75) is 58.3 Å². The molecule has 2 aromatic rings. The average Bonchev–Trinajstić information content (AvgIpc) is 2.54. The Morgan fingerprint density at radius 2 is 1.57 bits per heavy atom. The van der Waals surface area contributed by atoms with Gasteiger partial charge in [-0.15, -0.1) is 0 Å². The van der Waals surface area contributed by atoms with Gasteiger partial charge in [-0.1, -0.05) is 50.1 Å². The highest BCUT2D eigenvalue weighted by atomic mass is 15.0. The number of rotatable bonds is 9. The van der Waals surface area contributed by atoms with Crippen LogP contribution >= 0.6 is 0 Å². The number of benzene rings is 1. The zero-order valence-electron chi connectivity index (χ0n) is 14.1. The van der Waals surface area contributed by atoms with Gasteiger partial charge < -0.3 is 11.5 Å². The third-order valence-corrected chi connectivity index (χ3v) is 4.14. The van der Waals surface area contributed by atoms with Crippen molar-refractivity contribution >= 4 is 11.8 Å². The van der Waals surface area contributed by atoms with Crippen molar-refractivity contribution in [1.82, 2.24) is 9.97 Å². The minimum absolute atomic E-state index is 0.294. The number of aryl methyl sites for hydroxylation is 2. The Hall–Kier alpha value is -2.10. The Kier molecular flexibility index (Phi) is 6.85. The third kappa shape index (κ3) is 5.55. The van der Waals surface area contributed by atoms with Crippen LogP contribution in [-0.2, 0) is 19.3 Å². The molecule has 4 N–H and O–H groups in total. The van der Waals surface area contributed by atoms with Gasteiger partial charge in [-0.25, -0.2) is 4.98 Å². The molecule has 1 aromatic heterocycles. The minimum atomic E-state index is 0.294. The summed E-state index contributed by atoms with van der Waals surface area (Å²) in [6, 6.07) is 10.6. The maximum Gasteiger partial charge on any atom is 0.222 e. The Bertz CT molecular complexity index is 596. The summed E-state index contributed by atoms with van der Waals surface area (Å²) < 4.78 is 0. The summed E-state index contributed by atoms with van der Waals surface area (Å²) in [4.78, 5) is 8.55. The Balaban J connectivity index is 1.84. The van der Waals surface area contributed by atoms with Gasteiger partial charge in [0.1, 0.15) is 5.82 Å². The number of unbranched alkanes of at least 4 members (excludes halogenated alkanes) is 3. The molecule has 0 saturated carbocycles. The summed E-state index contributed by atoms with van der Waals surface area (Å²) in [5.41, 5.74) is 15.4. The van der Waals surface area contributed by atoms with Gasteiger partial charge in [0.05, 0.1) is 5.69 Å². The van der Waals surface area contributed by atoms with Crippen molar-refractivity contribution in [1.29, 1.82) is 0 Å². The lowest BCUT2D eigenvalue weighted by molar-refractivity contribution is 0.664. The zero-order valence-corrected chi connectivity index (χ0v) is 14.1. The summed E-state index contributed by atoms with van der Waals surface area (Å²) in [7, 11) is 0. The van der Waals surface area contributed by atoms with E-state index in [-0.39, 0.29) is 0 Å². The van der Waals surface area contributed by atoms with Crippen LogP contribution in [-0.4, -0.2) is 9.97 Å². The first-order valence-corrected chi connectivity index (χ1v) is 8.65. The number of aromatic nitrogens is 2. The number of hydrogen-bond acceptors (Lipinski definition) is 4. The van der Waals surface area contributed by atoms with Crippen molar-refractivity contribution < 1.29 is 0 Å². The molecule has 0 saturated heterocycles. The van der Waals surface area contributed by atoms with Gasteiger partial charge in [-0.3, -0.25) is 0 Å². The summed E-state index contributed by atoms with van der Waals surface area (Å²) >= 11 is 0. The van der Waals surface area contributed by atoms with Crippen LogP contribution in [0, 0.1) is 0 Å².